The van der Waals surface area contributed by atoms with E-state index in [4.69, 9.17) is 9.47 Å². The molecule has 0 spiro atoms. The van der Waals surface area contributed by atoms with Gasteiger partial charge < -0.3 is 9.47 Å². The Kier molecular flexibility index (Phi) is 12.4. The number of carbonyl (C=O) groups excluding carboxylic acids is 2. The Morgan fingerprint density at radius 1 is 0.588 bits per heavy atom. The zero-order valence-electron chi connectivity index (χ0n) is 21.5. The fraction of sp³-hybridized carbons (Fsp3) is 0.533. The van der Waals surface area contributed by atoms with E-state index in [1.54, 1.807) is 24.3 Å². The maximum absolute atomic E-state index is 12.4. The molecule has 0 aliphatic carbocycles. The van der Waals surface area contributed by atoms with E-state index in [0.29, 0.717) is 11.1 Å². The highest BCUT2D eigenvalue weighted by Crippen LogP contribution is 2.22. The smallest absolute Gasteiger partial charge is 0.338 e. The van der Waals surface area contributed by atoms with E-state index in [-0.39, 0.29) is 24.1 Å². The van der Waals surface area contributed by atoms with Gasteiger partial charge in [0.05, 0.1) is 23.3 Å². The molecular formula is C30H42O4. The van der Waals surface area contributed by atoms with Crippen LogP contribution in [0.1, 0.15) is 113 Å². The number of unbranched alkanes of at least 4 members (excludes halogenated alkanes) is 6. The SMILES string of the molecule is CCCCCC[C@@H](C)OC(=O)c1ccc(-c2ccc(C(=O)O[C@H](C)CCCCCC)cc2)cc1. The number of esters is 2. The zero-order valence-corrected chi connectivity index (χ0v) is 21.5. The lowest BCUT2D eigenvalue weighted by Gasteiger charge is -2.14. The van der Waals surface area contributed by atoms with Crippen molar-refractivity contribution < 1.29 is 19.1 Å². The van der Waals surface area contributed by atoms with Crippen molar-refractivity contribution in [3.63, 3.8) is 0 Å². The molecule has 0 aliphatic rings. The number of hydrogen-bond donors (Lipinski definition) is 0. The third-order valence-electron chi connectivity index (χ3n) is 6.12. The molecule has 0 aliphatic heterocycles. The van der Waals surface area contributed by atoms with Gasteiger partial charge in [-0.05, 0) is 74.9 Å². The number of benzene rings is 2. The molecule has 2 aromatic carbocycles. The number of hydrogen-bond acceptors (Lipinski definition) is 4. The summed E-state index contributed by atoms with van der Waals surface area (Å²) in [6, 6.07) is 14.8. The molecule has 0 amide bonds. The Morgan fingerprint density at radius 2 is 0.941 bits per heavy atom. The maximum atomic E-state index is 12.4. The number of ether oxygens (including phenoxy) is 2. The molecule has 2 aromatic rings. The van der Waals surface area contributed by atoms with Gasteiger partial charge in [-0.3, -0.25) is 0 Å². The lowest BCUT2D eigenvalue weighted by Crippen LogP contribution is -2.15. The molecule has 0 heterocycles. The summed E-state index contributed by atoms with van der Waals surface area (Å²) in [4.78, 5) is 24.8. The van der Waals surface area contributed by atoms with Crippen molar-refractivity contribution in [2.24, 2.45) is 0 Å². The van der Waals surface area contributed by atoms with Crippen LogP contribution < -0.4 is 0 Å². The third kappa shape index (κ3) is 9.70. The predicted octanol–water partition coefficient (Wildman–Crippen LogP) is 8.39. The Hall–Kier alpha value is -2.62. The molecule has 2 rings (SSSR count). The number of carbonyl (C=O) groups is 2. The largest absolute Gasteiger partial charge is 0.459 e. The average molecular weight is 467 g/mol. The summed E-state index contributed by atoms with van der Waals surface area (Å²) >= 11 is 0. The van der Waals surface area contributed by atoms with Gasteiger partial charge in [0.25, 0.3) is 0 Å². The Labute approximate surface area is 206 Å². The molecule has 34 heavy (non-hydrogen) atoms. The van der Waals surface area contributed by atoms with Crippen LogP contribution in [-0.4, -0.2) is 24.1 Å². The van der Waals surface area contributed by atoms with Crippen molar-refractivity contribution in [1.82, 2.24) is 0 Å². The van der Waals surface area contributed by atoms with Crippen LogP contribution in [0.3, 0.4) is 0 Å². The molecule has 0 fully saturated rings. The second-order valence-corrected chi connectivity index (χ2v) is 9.29. The summed E-state index contributed by atoms with van der Waals surface area (Å²) in [5, 5.41) is 0. The molecule has 0 N–H and O–H groups in total. The van der Waals surface area contributed by atoms with E-state index in [1.165, 1.54) is 38.5 Å². The van der Waals surface area contributed by atoms with Gasteiger partial charge in [0.15, 0.2) is 0 Å². The fourth-order valence-corrected chi connectivity index (χ4v) is 3.93. The first-order chi connectivity index (χ1) is 16.4. The quantitative estimate of drug-likeness (QED) is 0.195. The predicted molar refractivity (Wildman–Crippen MR) is 139 cm³/mol. The highest BCUT2D eigenvalue weighted by atomic mass is 16.5. The second kappa shape index (κ2) is 15.3. The molecular weight excluding hydrogens is 424 g/mol. The first-order valence-corrected chi connectivity index (χ1v) is 13.1. The summed E-state index contributed by atoms with van der Waals surface area (Å²) in [6.45, 7) is 8.29. The molecule has 0 saturated heterocycles. The zero-order chi connectivity index (χ0) is 24.8. The summed E-state index contributed by atoms with van der Waals surface area (Å²) in [7, 11) is 0. The summed E-state index contributed by atoms with van der Waals surface area (Å²) in [5.74, 6) is -0.562. The van der Waals surface area contributed by atoms with Crippen molar-refractivity contribution >= 4 is 11.9 Å². The van der Waals surface area contributed by atoms with E-state index in [1.807, 2.05) is 38.1 Å². The van der Waals surface area contributed by atoms with Crippen LogP contribution in [0, 0.1) is 0 Å². The molecule has 0 radical (unpaired) electrons. The van der Waals surface area contributed by atoms with Crippen molar-refractivity contribution in [1.29, 1.82) is 0 Å². The normalized spacial score (nSPS) is 12.7. The number of rotatable bonds is 15. The van der Waals surface area contributed by atoms with Gasteiger partial charge in [0, 0.05) is 0 Å². The van der Waals surface area contributed by atoms with Crippen LogP contribution in [0.4, 0.5) is 0 Å². The van der Waals surface area contributed by atoms with Crippen LogP contribution in [0.2, 0.25) is 0 Å². The minimum absolute atomic E-state index is 0.0737. The van der Waals surface area contributed by atoms with Crippen LogP contribution in [-0.2, 0) is 9.47 Å². The van der Waals surface area contributed by atoms with E-state index in [0.717, 1.165) is 36.8 Å². The van der Waals surface area contributed by atoms with Gasteiger partial charge in [0.1, 0.15) is 0 Å². The van der Waals surface area contributed by atoms with Crippen LogP contribution >= 0.6 is 0 Å². The van der Waals surface area contributed by atoms with Crippen LogP contribution in [0.25, 0.3) is 11.1 Å². The van der Waals surface area contributed by atoms with Crippen molar-refractivity contribution in [2.45, 2.75) is 104 Å². The Bertz CT molecular complexity index is 781. The maximum Gasteiger partial charge on any atom is 0.338 e. The third-order valence-corrected chi connectivity index (χ3v) is 6.12. The van der Waals surface area contributed by atoms with Gasteiger partial charge in [-0.15, -0.1) is 0 Å². The minimum atomic E-state index is -0.281. The fourth-order valence-electron chi connectivity index (χ4n) is 3.93. The van der Waals surface area contributed by atoms with Gasteiger partial charge in [-0.1, -0.05) is 76.6 Å². The second-order valence-electron chi connectivity index (χ2n) is 9.29. The molecule has 4 heteroatoms. The van der Waals surface area contributed by atoms with Crippen LogP contribution in [0.5, 0.6) is 0 Å². The van der Waals surface area contributed by atoms with Gasteiger partial charge in [0.2, 0.25) is 0 Å². The average Bonchev–Trinajstić information content (AvgIpc) is 2.84. The van der Waals surface area contributed by atoms with Crippen molar-refractivity contribution in [3.05, 3.63) is 59.7 Å². The molecule has 4 nitrogen and oxygen atoms in total. The molecule has 0 aromatic heterocycles. The lowest BCUT2D eigenvalue weighted by molar-refractivity contribution is 0.0309. The van der Waals surface area contributed by atoms with E-state index < -0.39 is 0 Å². The highest BCUT2D eigenvalue weighted by molar-refractivity contribution is 5.91. The summed E-state index contributed by atoms with van der Waals surface area (Å²) in [5.41, 5.74) is 3.07. The van der Waals surface area contributed by atoms with E-state index in [9.17, 15) is 9.59 Å². The highest BCUT2D eigenvalue weighted by Gasteiger charge is 2.14. The van der Waals surface area contributed by atoms with E-state index in [2.05, 4.69) is 13.8 Å². The molecule has 0 unspecified atom stereocenters. The first kappa shape index (κ1) is 27.6. The van der Waals surface area contributed by atoms with Gasteiger partial charge in [-0.2, -0.15) is 0 Å². The summed E-state index contributed by atoms with van der Waals surface area (Å²) < 4.78 is 11.2. The van der Waals surface area contributed by atoms with Crippen molar-refractivity contribution in [3.8, 4) is 11.1 Å². The lowest BCUT2D eigenvalue weighted by atomic mass is 10.0. The van der Waals surface area contributed by atoms with Gasteiger partial charge >= 0.3 is 11.9 Å². The molecule has 2 atom stereocenters. The van der Waals surface area contributed by atoms with Gasteiger partial charge in [-0.25, -0.2) is 9.59 Å². The van der Waals surface area contributed by atoms with Crippen molar-refractivity contribution in [2.75, 3.05) is 0 Å². The van der Waals surface area contributed by atoms with E-state index >= 15 is 0 Å². The topological polar surface area (TPSA) is 52.6 Å². The van der Waals surface area contributed by atoms with Crippen LogP contribution in [0.15, 0.2) is 48.5 Å². The first-order valence-electron chi connectivity index (χ1n) is 13.1. The minimum Gasteiger partial charge on any atom is -0.459 e. The Morgan fingerprint density at radius 3 is 1.26 bits per heavy atom. The monoisotopic (exact) mass is 466 g/mol. The molecule has 0 saturated carbocycles. The Balaban J connectivity index is 1.86. The standard InChI is InChI=1S/C30H42O4/c1-5-7-9-11-13-23(3)33-29(31)27-19-15-25(16-20-27)26-17-21-28(22-18-26)30(32)34-24(4)14-12-10-8-6-2/h15-24H,5-14H2,1-4H3/t23-,24-/m1/s1. The molecule has 0 bridgehead atoms. The summed E-state index contributed by atoms with van der Waals surface area (Å²) in [6.07, 6.45) is 11.0. The molecule has 186 valence electrons.